The summed E-state index contributed by atoms with van der Waals surface area (Å²) < 4.78 is 10.5. The molecule has 0 saturated heterocycles. The molecule has 0 amide bonds. The van der Waals surface area contributed by atoms with Crippen molar-refractivity contribution in [3.63, 3.8) is 0 Å². The average Bonchev–Trinajstić information content (AvgIpc) is 2.54. The normalized spacial score (nSPS) is 16.4. The van der Waals surface area contributed by atoms with E-state index in [1.165, 1.54) is 0 Å². The van der Waals surface area contributed by atoms with Gasteiger partial charge in [-0.05, 0) is 52.9 Å². The lowest BCUT2D eigenvalue weighted by molar-refractivity contribution is 0.170. The molecule has 2 aromatic rings. The molecule has 0 saturated carbocycles. The van der Waals surface area contributed by atoms with E-state index in [9.17, 15) is 5.11 Å². The number of hydrogen-bond acceptors (Lipinski definition) is 3. The summed E-state index contributed by atoms with van der Waals surface area (Å²) >= 11 is 0. The van der Waals surface area contributed by atoms with Gasteiger partial charge in [0.15, 0.2) is 0 Å². The van der Waals surface area contributed by atoms with Crippen molar-refractivity contribution in [1.29, 1.82) is 0 Å². The molecule has 1 unspecified atom stereocenters. The second kappa shape index (κ2) is 5.55. The van der Waals surface area contributed by atoms with Crippen LogP contribution in [-0.4, -0.2) is 18.8 Å². The summed E-state index contributed by atoms with van der Waals surface area (Å²) in [5, 5.41) is 12.6. The summed E-state index contributed by atoms with van der Waals surface area (Å²) in [6.07, 6.45) is 2.98. The lowest BCUT2D eigenvalue weighted by Gasteiger charge is -2.19. The second-order valence-electron chi connectivity index (χ2n) is 5.04. The highest BCUT2D eigenvalue weighted by atomic mass is 16.5. The van der Waals surface area contributed by atoms with Crippen LogP contribution in [0.25, 0.3) is 10.8 Å². The first-order valence-electron chi connectivity index (χ1n) is 6.84. The molecule has 1 heterocycles. The van der Waals surface area contributed by atoms with E-state index in [4.69, 9.17) is 9.47 Å². The fourth-order valence-electron chi connectivity index (χ4n) is 2.54. The van der Waals surface area contributed by atoms with Crippen LogP contribution in [0.2, 0.25) is 0 Å². The quantitative estimate of drug-likeness (QED) is 0.926. The van der Waals surface area contributed by atoms with Gasteiger partial charge in [-0.15, -0.1) is 0 Å². The van der Waals surface area contributed by atoms with E-state index in [1.54, 1.807) is 13.4 Å². The van der Waals surface area contributed by atoms with Gasteiger partial charge in [0, 0.05) is 0 Å². The van der Waals surface area contributed by atoms with Crippen molar-refractivity contribution >= 4 is 10.8 Å². The SMILES string of the molecule is COc1ccc2cc(C(O)C3=COCCC3)ccc2c1. The molecular formula is C17H18O3. The van der Waals surface area contributed by atoms with E-state index in [0.717, 1.165) is 47.1 Å². The van der Waals surface area contributed by atoms with Crippen LogP contribution in [0, 0.1) is 0 Å². The Labute approximate surface area is 118 Å². The summed E-state index contributed by atoms with van der Waals surface area (Å²) in [6, 6.07) is 11.9. The van der Waals surface area contributed by atoms with Gasteiger partial charge >= 0.3 is 0 Å². The Balaban J connectivity index is 1.94. The molecule has 1 N–H and O–H groups in total. The van der Waals surface area contributed by atoms with Crippen LogP contribution in [-0.2, 0) is 4.74 Å². The monoisotopic (exact) mass is 270 g/mol. The number of benzene rings is 2. The molecule has 3 nitrogen and oxygen atoms in total. The van der Waals surface area contributed by atoms with Gasteiger partial charge in [0.1, 0.15) is 11.9 Å². The Kier molecular flexibility index (Phi) is 3.61. The molecule has 0 aromatic heterocycles. The number of aliphatic hydroxyl groups excluding tert-OH is 1. The van der Waals surface area contributed by atoms with E-state index >= 15 is 0 Å². The minimum absolute atomic E-state index is 0.582. The Morgan fingerprint density at radius 3 is 2.70 bits per heavy atom. The van der Waals surface area contributed by atoms with Crippen LogP contribution in [0.1, 0.15) is 24.5 Å². The molecule has 0 spiro atoms. The fraction of sp³-hybridized carbons (Fsp3) is 0.294. The average molecular weight is 270 g/mol. The summed E-state index contributed by atoms with van der Waals surface area (Å²) in [7, 11) is 1.66. The summed E-state index contributed by atoms with van der Waals surface area (Å²) in [5.41, 5.74) is 1.85. The zero-order chi connectivity index (χ0) is 13.9. The highest BCUT2D eigenvalue weighted by Crippen LogP contribution is 2.30. The van der Waals surface area contributed by atoms with Crippen molar-refractivity contribution in [2.24, 2.45) is 0 Å². The van der Waals surface area contributed by atoms with E-state index < -0.39 is 6.10 Å². The van der Waals surface area contributed by atoms with Crippen LogP contribution in [0.5, 0.6) is 5.75 Å². The number of hydrogen-bond donors (Lipinski definition) is 1. The lowest BCUT2D eigenvalue weighted by Crippen LogP contribution is -2.07. The van der Waals surface area contributed by atoms with E-state index in [2.05, 4.69) is 0 Å². The fourth-order valence-corrected chi connectivity index (χ4v) is 2.54. The molecule has 1 atom stereocenters. The molecule has 0 radical (unpaired) electrons. The largest absolute Gasteiger partial charge is 0.501 e. The molecule has 2 aromatic carbocycles. The van der Waals surface area contributed by atoms with Gasteiger partial charge < -0.3 is 14.6 Å². The van der Waals surface area contributed by atoms with Crippen molar-refractivity contribution in [3.8, 4) is 5.75 Å². The maximum Gasteiger partial charge on any atom is 0.119 e. The van der Waals surface area contributed by atoms with Crippen molar-refractivity contribution in [1.82, 2.24) is 0 Å². The molecule has 104 valence electrons. The molecular weight excluding hydrogens is 252 g/mol. The number of aliphatic hydroxyl groups is 1. The third-order valence-electron chi connectivity index (χ3n) is 3.70. The van der Waals surface area contributed by atoms with Crippen molar-refractivity contribution < 1.29 is 14.6 Å². The first kappa shape index (κ1) is 13.0. The summed E-state index contributed by atoms with van der Waals surface area (Å²) in [6.45, 7) is 0.744. The van der Waals surface area contributed by atoms with Gasteiger partial charge in [-0.1, -0.05) is 18.2 Å². The van der Waals surface area contributed by atoms with Gasteiger partial charge in [-0.3, -0.25) is 0 Å². The molecule has 1 aliphatic rings. The third kappa shape index (κ3) is 2.49. The molecule has 0 bridgehead atoms. The van der Waals surface area contributed by atoms with Gasteiger partial charge in [-0.2, -0.15) is 0 Å². The van der Waals surface area contributed by atoms with E-state index in [1.807, 2.05) is 36.4 Å². The molecule has 3 heteroatoms. The lowest BCUT2D eigenvalue weighted by atomic mass is 9.96. The maximum absolute atomic E-state index is 10.4. The predicted molar refractivity (Wildman–Crippen MR) is 78.7 cm³/mol. The first-order chi connectivity index (χ1) is 9.78. The van der Waals surface area contributed by atoms with E-state index in [-0.39, 0.29) is 0 Å². The van der Waals surface area contributed by atoms with Gasteiger partial charge in [0.2, 0.25) is 0 Å². The second-order valence-corrected chi connectivity index (χ2v) is 5.04. The number of methoxy groups -OCH3 is 1. The maximum atomic E-state index is 10.4. The van der Waals surface area contributed by atoms with Crippen LogP contribution < -0.4 is 4.74 Å². The number of fused-ring (bicyclic) bond motifs is 1. The van der Waals surface area contributed by atoms with Crippen molar-refractivity contribution in [2.45, 2.75) is 18.9 Å². The molecule has 20 heavy (non-hydrogen) atoms. The van der Waals surface area contributed by atoms with Crippen molar-refractivity contribution in [2.75, 3.05) is 13.7 Å². The number of ether oxygens (including phenoxy) is 2. The highest BCUT2D eigenvalue weighted by Gasteiger charge is 2.16. The standard InChI is InChI=1S/C17H18O3/c1-19-16-7-6-12-9-14(5-4-13(12)10-16)17(18)15-3-2-8-20-11-15/h4-7,9-11,17-18H,2-3,8H2,1H3. The van der Waals surface area contributed by atoms with Crippen LogP contribution in [0.3, 0.4) is 0 Å². The van der Waals surface area contributed by atoms with Crippen LogP contribution in [0.4, 0.5) is 0 Å². The summed E-state index contributed by atoms with van der Waals surface area (Å²) in [4.78, 5) is 0. The minimum Gasteiger partial charge on any atom is -0.501 e. The summed E-state index contributed by atoms with van der Waals surface area (Å²) in [5.74, 6) is 0.842. The number of rotatable bonds is 3. The molecule has 3 rings (SSSR count). The van der Waals surface area contributed by atoms with E-state index in [0.29, 0.717) is 0 Å². The third-order valence-corrected chi connectivity index (χ3v) is 3.70. The minimum atomic E-state index is -0.582. The Bertz CT molecular complexity index is 646. The van der Waals surface area contributed by atoms with Gasteiger partial charge in [0.05, 0.1) is 20.0 Å². The zero-order valence-corrected chi connectivity index (χ0v) is 11.5. The van der Waals surface area contributed by atoms with Crippen molar-refractivity contribution in [3.05, 3.63) is 53.8 Å². The topological polar surface area (TPSA) is 38.7 Å². The zero-order valence-electron chi connectivity index (χ0n) is 11.5. The van der Waals surface area contributed by atoms with Gasteiger partial charge in [-0.25, -0.2) is 0 Å². The first-order valence-corrected chi connectivity index (χ1v) is 6.84. The van der Waals surface area contributed by atoms with Crippen LogP contribution in [0.15, 0.2) is 48.2 Å². The smallest absolute Gasteiger partial charge is 0.119 e. The highest BCUT2D eigenvalue weighted by molar-refractivity contribution is 5.84. The Hall–Kier alpha value is -2.00. The Morgan fingerprint density at radius 2 is 1.95 bits per heavy atom. The molecule has 0 aliphatic carbocycles. The molecule has 1 aliphatic heterocycles. The molecule has 0 fully saturated rings. The van der Waals surface area contributed by atoms with Crippen LogP contribution >= 0.6 is 0 Å². The van der Waals surface area contributed by atoms with Gasteiger partial charge in [0.25, 0.3) is 0 Å². The predicted octanol–water partition coefficient (Wildman–Crippen LogP) is 3.58. The Morgan fingerprint density at radius 1 is 1.15 bits per heavy atom.